The molecule has 0 N–H and O–H groups in total. The van der Waals surface area contributed by atoms with Crippen LogP contribution in [0.3, 0.4) is 0 Å². The Hall–Kier alpha value is 1.21. The molecule has 0 aromatic rings. The van der Waals surface area contributed by atoms with E-state index in [9.17, 15) is 0 Å². The van der Waals surface area contributed by atoms with Crippen molar-refractivity contribution in [1.29, 1.82) is 0 Å². The van der Waals surface area contributed by atoms with Gasteiger partial charge in [-0.3, -0.25) is 0 Å². The summed E-state index contributed by atoms with van der Waals surface area (Å²) in [5.74, 6) is 0. The van der Waals surface area contributed by atoms with Crippen molar-refractivity contribution >= 4 is 52.6 Å². The molecule has 0 radical (unpaired) electrons. The molecule has 46 valence electrons. The summed E-state index contributed by atoms with van der Waals surface area (Å²) in [6.45, 7) is 8.18. The molecule has 0 aromatic carbocycles. The average Bonchev–Trinajstić information content (AvgIpc) is 1.69. The first-order chi connectivity index (χ1) is 3.41. The van der Waals surface area contributed by atoms with E-state index in [1.807, 2.05) is 0 Å². The van der Waals surface area contributed by atoms with Gasteiger partial charge in [0.25, 0.3) is 0 Å². The van der Waals surface area contributed by atoms with Gasteiger partial charge in [-0.05, 0) is 0 Å². The zero-order chi connectivity index (χ0) is 5.54. The third-order valence-electron chi connectivity index (χ3n) is 0.471. The van der Waals surface area contributed by atoms with Crippen LogP contribution in [0.2, 0.25) is 0 Å². The first-order valence-electron chi connectivity index (χ1n) is 2.21. The summed E-state index contributed by atoms with van der Waals surface area (Å²) in [7, 11) is 0. The zero-order valence-corrected chi connectivity index (χ0v) is 4.39. The van der Waals surface area contributed by atoms with Gasteiger partial charge in [0.1, 0.15) is 0 Å². The van der Waals surface area contributed by atoms with Gasteiger partial charge in [0.05, 0.1) is 13.2 Å². The zero-order valence-electron chi connectivity index (χ0n) is 4.39. The third-order valence-corrected chi connectivity index (χ3v) is 0.471. The van der Waals surface area contributed by atoms with Gasteiger partial charge in [-0.2, -0.15) is 0 Å². The van der Waals surface area contributed by atoms with Gasteiger partial charge in [-0.15, -0.1) is 13.2 Å². The molecule has 0 amide bonds. The van der Waals surface area contributed by atoms with Gasteiger partial charge in [0, 0.05) is 0 Å². The second-order valence-electron chi connectivity index (χ2n) is 1.11. The summed E-state index contributed by atoms with van der Waals surface area (Å²) in [4.78, 5) is 0. The van der Waals surface area contributed by atoms with Crippen molar-refractivity contribution < 1.29 is 4.74 Å². The van der Waals surface area contributed by atoms with Gasteiger partial charge in [0.2, 0.25) is 0 Å². The SMILES string of the molecule is C=CCOCC=C.[MgH2].[NaH]. The average molecular weight is 148 g/mol. The quantitative estimate of drug-likeness (QED) is 0.305. The molecule has 1 nitrogen and oxygen atoms in total. The molecule has 0 aliphatic rings. The molecule has 3 heteroatoms. The molecule has 0 heterocycles. The Balaban J connectivity index is -0.000000180. The molecule has 0 saturated carbocycles. The predicted octanol–water partition coefficient (Wildman–Crippen LogP) is -0.190. The normalized spacial score (nSPS) is 6.22. The molecule has 0 aliphatic carbocycles. The molecular formula is C6H13MgNaO. The summed E-state index contributed by atoms with van der Waals surface area (Å²) in [5.41, 5.74) is 0. The number of rotatable bonds is 4. The van der Waals surface area contributed by atoms with E-state index in [1.54, 1.807) is 12.2 Å². The Bertz CT molecular complexity index is 58.1. The fraction of sp³-hybridized carbons (Fsp3) is 0.333. The van der Waals surface area contributed by atoms with Gasteiger partial charge >= 0.3 is 52.6 Å². The summed E-state index contributed by atoms with van der Waals surface area (Å²) in [6.07, 6.45) is 3.42. The standard InChI is InChI=1S/C6H10O.Mg.Na.3H/c1-3-5-7-6-4-2;;;;;/h3-4H,1-2,5-6H2;;;;;. The van der Waals surface area contributed by atoms with E-state index in [2.05, 4.69) is 13.2 Å². The van der Waals surface area contributed by atoms with Gasteiger partial charge in [0.15, 0.2) is 0 Å². The van der Waals surface area contributed by atoms with Crippen molar-refractivity contribution in [3.63, 3.8) is 0 Å². The van der Waals surface area contributed by atoms with E-state index in [-0.39, 0.29) is 52.6 Å². The molecule has 0 aromatic heterocycles. The van der Waals surface area contributed by atoms with Crippen molar-refractivity contribution in [2.24, 2.45) is 0 Å². The molecule has 0 fully saturated rings. The second-order valence-corrected chi connectivity index (χ2v) is 1.11. The molecular weight excluding hydrogens is 135 g/mol. The Kier molecular flexibility index (Phi) is 29.8. The first kappa shape index (κ1) is 16.7. The van der Waals surface area contributed by atoms with Crippen molar-refractivity contribution in [2.45, 2.75) is 0 Å². The number of hydrogen-bond donors (Lipinski definition) is 0. The number of hydrogen-bond acceptors (Lipinski definition) is 1. The van der Waals surface area contributed by atoms with Crippen molar-refractivity contribution in [3.8, 4) is 0 Å². The second kappa shape index (κ2) is 16.1. The van der Waals surface area contributed by atoms with E-state index in [0.717, 1.165) is 0 Å². The maximum atomic E-state index is 4.90. The molecule has 9 heavy (non-hydrogen) atoms. The van der Waals surface area contributed by atoms with Crippen LogP contribution in [0.25, 0.3) is 0 Å². The van der Waals surface area contributed by atoms with Crippen molar-refractivity contribution in [3.05, 3.63) is 25.3 Å². The molecule has 0 rings (SSSR count). The Morgan fingerprint density at radius 1 is 1.11 bits per heavy atom. The van der Waals surface area contributed by atoms with E-state index in [1.165, 1.54) is 0 Å². The third kappa shape index (κ3) is 17.6. The molecule has 0 atom stereocenters. The van der Waals surface area contributed by atoms with E-state index in [0.29, 0.717) is 13.2 Å². The van der Waals surface area contributed by atoms with Crippen LogP contribution < -0.4 is 0 Å². The van der Waals surface area contributed by atoms with Crippen LogP contribution in [0.4, 0.5) is 0 Å². The summed E-state index contributed by atoms with van der Waals surface area (Å²) in [6, 6.07) is 0. The topological polar surface area (TPSA) is 9.23 Å². The van der Waals surface area contributed by atoms with E-state index in [4.69, 9.17) is 4.74 Å². The number of ether oxygens (including phenoxy) is 1. The molecule has 0 spiro atoms. The molecule has 0 bridgehead atoms. The van der Waals surface area contributed by atoms with E-state index < -0.39 is 0 Å². The van der Waals surface area contributed by atoms with Crippen LogP contribution in [0.1, 0.15) is 0 Å². The minimum absolute atomic E-state index is 0. The fourth-order valence-corrected chi connectivity index (χ4v) is 0.235. The van der Waals surface area contributed by atoms with Crippen molar-refractivity contribution in [1.82, 2.24) is 0 Å². The van der Waals surface area contributed by atoms with E-state index >= 15 is 0 Å². The summed E-state index contributed by atoms with van der Waals surface area (Å²) < 4.78 is 4.90. The monoisotopic (exact) mass is 148 g/mol. The van der Waals surface area contributed by atoms with Gasteiger partial charge in [-0.1, -0.05) is 12.2 Å². The van der Waals surface area contributed by atoms with Crippen LogP contribution >= 0.6 is 0 Å². The summed E-state index contributed by atoms with van der Waals surface area (Å²) >= 11 is 0. The van der Waals surface area contributed by atoms with Crippen LogP contribution in [0.5, 0.6) is 0 Å². The summed E-state index contributed by atoms with van der Waals surface area (Å²) in [5, 5.41) is 0. The molecule has 0 unspecified atom stereocenters. The predicted molar refractivity (Wildman–Crippen MR) is 46.9 cm³/mol. The van der Waals surface area contributed by atoms with Crippen molar-refractivity contribution in [2.75, 3.05) is 13.2 Å². The van der Waals surface area contributed by atoms with Crippen LogP contribution in [0, 0.1) is 0 Å². The van der Waals surface area contributed by atoms with Crippen LogP contribution in [-0.2, 0) is 4.74 Å². The Morgan fingerprint density at radius 3 is 1.67 bits per heavy atom. The van der Waals surface area contributed by atoms with Crippen LogP contribution in [-0.4, -0.2) is 65.8 Å². The Labute approximate surface area is 95.0 Å². The molecule has 0 saturated heterocycles. The first-order valence-corrected chi connectivity index (χ1v) is 2.21. The van der Waals surface area contributed by atoms with Gasteiger partial charge < -0.3 is 4.74 Å². The minimum atomic E-state index is 0. The van der Waals surface area contributed by atoms with Crippen LogP contribution in [0.15, 0.2) is 25.3 Å². The van der Waals surface area contributed by atoms with Gasteiger partial charge in [-0.25, -0.2) is 0 Å². The molecule has 0 aliphatic heterocycles. The maximum absolute atomic E-state index is 4.90. The Morgan fingerprint density at radius 2 is 1.44 bits per heavy atom. The fourth-order valence-electron chi connectivity index (χ4n) is 0.235.